The van der Waals surface area contributed by atoms with E-state index in [2.05, 4.69) is 118 Å². The van der Waals surface area contributed by atoms with Crippen LogP contribution in [-0.2, 0) is 59.0 Å². The fourth-order valence-corrected chi connectivity index (χ4v) is 7.81. The third-order valence-corrected chi connectivity index (χ3v) is 11.8. The van der Waals surface area contributed by atoms with Crippen molar-refractivity contribution in [2.24, 2.45) is 0 Å². The molecule has 326 valence electrons. The number of aromatic nitrogens is 2. The maximum atomic E-state index is 10.7. The lowest BCUT2D eigenvalue weighted by Gasteiger charge is -2.14. The Morgan fingerprint density at radius 2 is 1.05 bits per heavy atom. The van der Waals surface area contributed by atoms with Crippen LogP contribution in [0.5, 0.6) is 11.5 Å². The maximum Gasteiger partial charge on any atom is 0.485 e. The van der Waals surface area contributed by atoms with E-state index in [-0.39, 0.29) is 0 Å². The summed E-state index contributed by atoms with van der Waals surface area (Å²) in [5, 5.41) is 0. The number of hydrogen-bond donors (Lipinski definition) is 0. The van der Waals surface area contributed by atoms with Crippen LogP contribution in [0.25, 0.3) is 46.8 Å². The van der Waals surface area contributed by atoms with Gasteiger partial charge in [-0.1, -0.05) is 36.4 Å². The Hall–Kier alpha value is -5.56. The van der Waals surface area contributed by atoms with Crippen molar-refractivity contribution in [1.82, 2.24) is 0 Å². The molecule has 62 heavy (non-hydrogen) atoms. The molecule has 0 aliphatic carbocycles. The van der Waals surface area contributed by atoms with E-state index in [1.165, 1.54) is 67.2 Å². The summed E-state index contributed by atoms with van der Waals surface area (Å²) < 4.78 is 134. The smallest absolute Gasteiger partial charge is 0.485 e. The average Bonchev–Trinajstić information content (AvgIpc) is 3.79. The van der Waals surface area contributed by atoms with Crippen molar-refractivity contribution in [3.05, 3.63) is 130 Å². The third kappa shape index (κ3) is 10.0. The molecule has 0 atom stereocenters. The molecule has 6 heterocycles. The van der Waals surface area contributed by atoms with E-state index in [4.69, 9.17) is 35.4 Å². The topological polar surface area (TPSA) is 141 Å². The second-order valence-corrected chi connectivity index (χ2v) is 17.5. The minimum Gasteiger partial charge on any atom is -0.741 e. The largest absolute Gasteiger partial charge is 0.741 e. The monoisotopic (exact) mass is 900 g/mol. The van der Waals surface area contributed by atoms with Crippen molar-refractivity contribution in [3.63, 3.8) is 0 Å². The lowest BCUT2D eigenvalue weighted by molar-refractivity contribution is -0.688. The molecular weight excluding hydrogens is 863 g/mol. The summed E-state index contributed by atoms with van der Waals surface area (Å²) in [6, 6.07) is 29.4. The zero-order chi connectivity index (χ0) is 44.5. The zero-order valence-corrected chi connectivity index (χ0v) is 34.3. The lowest BCUT2D eigenvalue weighted by atomic mass is 9.88. The maximum absolute atomic E-state index is 10.7. The van der Waals surface area contributed by atoms with Crippen LogP contribution in [0, 0.1) is 0 Å². The Morgan fingerprint density at radius 3 is 1.60 bits per heavy atom. The average molecular weight is 901 g/mol. The first-order chi connectivity index (χ1) is 29.3. The Bertz CT molecular complexity index is 2760. The van der Waals surface area contributed by atoms with Gasteiger partial charge in [0.05, 0.1) is 24.3 Å². The highest BCUT2D eigenvalue weighted by molar-refractivity contribution is 7.86. The van der Waals surface area contributed by atoms with E-state index in [1.54, 1.807) is 0 Å². The first-order valence-corrected chi connectivity index (χ1v) is 22.2. The van der Waals surface area contributed by atoms with Crippen molar-refractivity contribution in [3.8, 4) is 34.0 Å². The van der Waals surface area contributed by atoms with Crippen molar-refractivity contribution in [2.45, 2.75) is 62.6 Å². The number of pyridine rings is 2. The minimum absolute atomic E-state index is 0.780. The Labute approximate surface area is 353 Å². The number of halogens is 6. The molecule has 10 nitrogen and oxygen atoms in total. The molecule has 18 heteroatoms. The predicted molar refractivity (Wildman–Crippen MR) is 215 cm³/mol. The normalized spacial score (nSPS) is 15.5. The van der Waals surface area contributed by atoms with Crippen LogP contribution in [0.2, 0.25) is 0 Å². The third-order valence-electron chi connectivity index (χ3n) is 10.6. The molecule has 9 rings (SSSR count). The highest BCUT2D eigenvalue weighted by Crippen LogP contribution is 2.40. The van der Waals surface area contributed by atoms with Crippen LogP contribution >= 0.6 is 0 Å². The van der Waals surface area contributed by atoms with Gasteiger partial charge in [0.2, 0.25) is 17.1 Å². The molecule has 0 saturated heterocycles. The molecule has 5 aromatic rings. The lowest BCUT2D eigenvalue weighted by Crippen LogP contribution is -2.39. The van der Waals surface area contributed by atoms with Gasteiger partial charge in [0.25, 0.3) is 0 Å². The summed E-state index contributed by atoms with van der Waals surface area (Å²) in [7, 11) is -12.2. The van der Waals surface area contributed by atoms with Crippen molar-refractivity contribution >= 4 is 44.5 Å². The van der Waals surface area contributed by atoms with Crippen LogP contribution in [0.4, 0.5) is 26.3 Å². The predicted octanol–water partition coefficient (Wildman–Crippen LogP) is 7.80. The minimum atomic E-state index is -6.09. The molecule has 0 spiro atoms. The summed E-state index contributed by atoms with van der Waals surface area (Å²) in [4.78, 5) is 0. The van der Waals surface area contributed by atoms with Gasteiger partial charge in [-0.05, 0) is 88.2 Å². The molecule has 0 bridgehead atoms. The van der Waals surface area contributed by atoms with Crippen molar-refractivity contribution in [1.29, 1.82) is 0 Å². The summed E-state index contributed by atoms with van der Waals surface area (Å²) >= 11 is 0. The number of alkyl halides is 6. The van der Waals surface area contributed by atoms with Crippen molar-refractivity contribution in [2.75, 3.05) is 13.2 Å². The van der Waals surface area contributed by atoms with Crippen LogP contribution in [-0.4, -0.2) is 50.2 Å². The van der Waals surface area contributed by atoms with E-state index in [9.17, 15) is 26.3 Å². The number of ether oxygens (including phenoxy) is 2. The SMILES string of the molecule is C(=C\c1cc(/C=C/c2ccc3c(c2)CCO3)[n+]2c(c1)-c1c(ccc3c1-c1cccc[n+]1CCC3)CCC2)/c1ccc2c(c1)CCO2.O=S(=O)([O-])C(F)(F)F.O=S(=O)([O-])C(F)(F)F. The standard InChI is InChI=1S/C42H38N2O2.2CHF3O3S/c1-2-20-43-21-3-5-32-13-14-33-6-4-22-44-36(15-10-30-12-17-40-35(26-30)19-24-46-40)27-31(28-38(44)42(33)41(32)37(43)7-1)9-8-29-11-16-39-34(25-29)18-23-45-39;2*2-1(3,4)8(5,6)7/h1-2,7-17,20,25-28H,3-6,18-19,21-24H2;2*(H,5,6,7)/q+2;;/p-2/b9-8+,15-10+;;. The van der Waals surface area contributed by atoms with Gasteiger partial charge in [-0.2, -0.15) is 35.5 Å². The fourth-order valence-electron chi connectivity index (χ4n) is 7.81. The number of fused-ring (bicyclic) bond motifs is 9. The summed E-state index contributed by atoms with van der Waals surface area (Å²) in [6.45, 7) is 3.60. The molecule has 0 N–H and O–H groups in total. The van der Waals surface area contributed by atoms with E-state index in [1.807, 2.05) is 0 Å². The second-order valence-electron chi connectivity index (χ2n) is 14.8. The molecule has 4 aliphatic rings. The Balaban J connectivity index is 0.000000309. The molecule has 4 aliphatic heterocycles. The van der Waals surface area contributed by atoms with E-state index < -0.39 is 31.3 Å². The van der Waals surface area contributed by atoms with Gasteiger partial charge >= 0.3 is 11.0 Å². The van der Waals surface area contributed by atoms with Gasteiger partial charge in [-0.25, -0.2) is 16.8 Å². The van der Waals surface area contributed by atoms with E-state index in [0.717, 1.165) is 76.3 Å². The molecule has 0 unspecified atom stereocenters. The molecule has 3 aromatic carbocycles. The van der Waals surface area contributed by atoms with E-state index >= 15 is 0 Å². The Morgan fingerprint density at radius 1 is 0.548 bits per heavy atom. The van der Waals surface area contributed by atoms with Crippen molar-refractivity contribution < 1.29 is 70.9 Å². The number of rotatable bonds is 4. The molecule has 0 radical (unpaired) electrons. The quantitative estimate of drug-likeness (QED) is 0.0771. The van der Waals surface area contributed by atoms with Gasteiger partial charge in [0.15, 0.2) is 26.4 Å². The molecule has 0 saturated carbocycles. The first kappa shape index (κ1) is 44.5. The zero-order valence-electron chi connectivity index (χ0n) is 32.7. The fraction of sp³-hybridized carbons (Fsp3) is 0.273. The number of aryl methyl sites for hydroxylation is 3. The number of hydrogen-bond acceptors (Lipinski definition) is 8. The van der Waals surface area contributed by atoms with Gasteiger partial charge < -0.3 is 18.6 Å². The molecular formula is C44H38F6N2O8S2. The van der Waals surface area contributed by atoms with Crippen LogP contribution in [0.15, 0.2) is 85.1 Å². The van der Waals surface area contributed by atoms with Gasteiger partial charge in [-0.3, -0.25) is 0 Å². The summed E-state index contributed by atoms with van der Waals surface area (Å²) in [5.41, 5.74) is 4.57. The van der Waals surface area contributed by atoms with Gasteiger partial charge in [0.1, 0.15) is 24.6 Å². The van der Waals surface area contributed by atoms with Crippen LogP contribution in [0.3, 0.4) is 0 Å². The van der Waals surface area contributed by atoms with E-state index in [0.29, 0.717) is 0 Å². The highest BCUT2D eigenvalue weighted by Gasteiger charge is 2.38. The second kappa shape index (κ2) is 17.7. The van der Waals surface area contributed by atoms with Gasteiger partial charge in [-0.15, -0.1) is 0 Å². The highest BCUT2D eigenvalue weighted by atomic mass is 32.2. The van der Waals surface area contributed by atoms with Crippen LogP contribution < -0.4 is 18.6 Å². The summed E-state index contributed by atoms with van der Waals surface area (Å²) in [6.07, 6.45) is 17.8. The Kier molecular flexibility index (Phi) is 12.7. The summed E-state index contributed by atoms with van der Waals surface area (Å²) in [5.74, 6) is 2.06. The van der Waals surface area contributed by atoms with Crippen LogP contribution in [0.1, 0.15) is 57.5 Å². The number of nitrogens with zero attached hydrogens (tertiary/aromatic N) is 2. The molecule has 2 aromatic heterocycles. The number of benzene rings is 3. The first-order valence-electron chi connectivity index (χ1n) is 19.4. The molecule has 0 fully saturated rings. The van der Waals surface area contributed by atoms with Gasteiger partial charge in [0, 0.05) is 56.0 Å². The molecule has 0 amide bonds.